The first-order valence-electron chi connectivity index (χ1n) is 4.41. The number of carbonyl (C=O) groups excluding carboxylic acids is 1. The molecule has 94 valence electrons. The van der Waals surface area contributed by atoms with Crippen molar-refractivity contribution in [1.82, 2.24) is 0 Å². The Kier molecular flexibility index (Phi) is 5.14. The summed E-state index contributed by atoms with van der Waals surface area (Å²) in [6, 6.07) is 2.61. The van der Waals surface area contributed by atoms with Gasteiger partial charge in [0.15, 0.2) is 0 Å². The Labute approximate surface area is 110 Å². The van der Waals surface area contributed by atoms with E-state index in [0.29, 0.717) is 10.0 Å². The average molecular weight is 330 g/mol. The number of rotatable bonds is 4. The van der Waals surface area contributed by atoms with Crippen molar-refractivity contribution < 1.29 is 23.0 Å². The van der Waals surface area contributed by atoms with Gasteiger partial charge in [-0.05, 0) is 17.7 Å². The molecule has 1 rings (SSSR count). The summed E-state index contributed by atoms with van der Waals surface area (Å²) in [6.45, 7) is -3.03. The maximum atomic E-state index is 12.2. The van der Waals surface area contributed by atoms with E-state index in [-0.39, 0.29) is 17.2 Å². The first-order chi connectivity index (χ1) is 7.99. The molecule has 0 saturated heterocycles. The standard InChI is InChI=1S/C10H8BrClF2O3/c1-16-9(15)6-3-7(11)5(4-12)2-8(6)17-10(13)14/h2-3,10H,4H2,1H3. The molecule has 0 bridgehead atoms. The molecule has 0 atom stereocenters. The third-order valence-corrected chi connectivity index (χ3v) is 2.94. The molecule has 17 heavy (non-hydrogen) atoms. The fraction of sp³-hybridized carbons (Fsp3) is 0.300. The van der Waals surface area contributed by atoms with Crippen molar-refractivity contribution in [2.45, 2.75) is 12.5 Å². The molecule has 0 unspecified atom stereocenters. The number of halogens is 4. The highest BCUT2D eigenvalue weighted by Crippen LogP contribution is 2.30. The summed E-state index contributed by atoms with van der Waals surface area (Å²) in [7, 11) is 1.15. The molecule has 0 N–H and O–H groups in total. The van der Waals surface area contributed by atoms with E-state index in [4.69, 9.17) is 11.6 Å². The van der Waals surface area contributed by atoms with Crippen molar-refractivity contribution in [2.24, 2.45) is 0 Å². The predicted molar refractivity (Wildman–Crippen MR) is 61.7 cm³/mol. The molecule has 0 spiro atoms. The Hall–Kier alpha value is -0.880. The maximum absolute atomic E-state index is 12.2. The van der Waals surface area contributed by atoms with Gasteiger partial charge in [0.1, 0.15) is 11.3 Å². The highest BCUT2D eigenvalue weighted by atomic mass is 79.9. The van der Waals surface area contributed by atoms with Gasteiger partial charge < -0.3 is 9.47 Å². The van der Waals surface area contributed by atoms with Gasteiger partial charge in [-0.1, -0.05) is 15.9 Å². The number of ether oxygens (including phenoxy) is 2. The van der Waals surface area contributed by atoms with Gasteiger partial charge in [-0.2, -0.15) is 8.78 Å². The molecular weight excluding hydrogens is 321 g/mol. The molecule has 0 heterocycles. The van der Waals surface area contributed by atoms with Crippen LogP contribution in [-0.2, 0) is 10.6 Å². The summed E-state index contributed by atoms with van der Waals surface area (Å²) in [6.07, 6.45) is 0. The highest BCUT2D eigenvalue weighted by molar-refractivity contribution is 9.10. The van der Waals surface area contributed by atoms with E-state index in [2.05, 4.69) is 25.4 Å². The molecule has 0 aromatic heterocycles. The smallest absolute Gasteiger partial charge is 0.387 e. The van der Waals surface area contributed by atoms with E-state index in [1.54, 1.807) is 0 Å². The van der Waals surface area contributed by atoms with Gasteiger partial charge in [-0.15, -0.1) is 11.6 Å². The van der Waals surface area contributed by atoms with Crippen LogP contribution in [0, 0.1) is 0 Å². The van der Waals surface area contributed by atoms with E-state index >= 15 is 0 Å². The largest absolute Gasteiger partial charge is 0.465 e. The van der Waals surface area contributed by atoms with E-state index in [1.165, 1.54) is 12.1 Å². The van der Waals surface area contributed by atoms with Crippen LogP contribution in [0.5, 0.6) is 5.75 Å². The topological polar surface area (TPSA) is 35.5 Å². The van der Waals surface area contributed by atoms with E-state index in [1.807, 2.05) is 0 Å². The molecule has 0 radical (unpaired) electrons. The Morgan fingerprint density at radius 2 is 2.18 bits per heavy atom. The van der Waals surface area contributed by atoms with E-state index in [0.717, 1.165) is 7.11 Å². The second kappa shape index (κ2) is 6.16. The first-order valence-corrected chi connectivity index (χ1v) is 5.73. The van der Waals surface area contributed by atoms with Crippen LogP contribution >= 0.6 is 27.5 Å². The van der Waals surface area contributed by atoms with Crippen molar-refractivity contribution in [1.29, 1.82) is 0 Å². The lowest BCUT2D eigenvalue weighted by Gasteiger charge is -2.12. The molecule has 0 fully saturated rings. The molecule has 0 saturated carbocycles. The van der Waals surface area contributed by atoms with Gasteiger partial charge in [0, 0.05) is 10.4 Å². The van der Waals surface area contributed by atoms with Gasteiger partial charge in [-0.3, -0.25) is 0 Å². The average Bonchev–Trinajstić information content (AvgIpc) is 2.29. The Bertz CT molecular complexity index is 426. The minimum atomic E-state index is -3.03. The summed E-state index contributed by atoms with van der Waals surface area (Å²) in [5.41, 5.74) is 0.448. The SMILES string of the molecule is COC(=O)c1cc(Br)c(CCl)cc1OC(F)F. The molecule has 1 aromatic rings. The third kappa shape index (κ3) is 3.54. The molecule has 0 aliphatic carbocycles. The van der Waals surface area contributed by atoms with Gasteiger partial charge >= 0.3 is 12.6 Å². The molecule has 7 heteroatoms. The van der Waals surface area contributed by atoms with Crippen LogP contribution < -0.4 is 4.74 Å². The predicted octanol–water partition coefficient (Wildman–Crippen LogP) is 3.58. The molecule has 0 aliphatic heterocycles. The summed E-state index contributed by atoms with van der Waals surface area (Å²) in [4.78, 5) is 11.4. The molecular formula is C10H8BrClF2O3. The van der Waals surface area contributed by atoms with Crippen molar-refractivity contribution in [2.75, 3.05) is 7.11 Å². The monoisotopic (exact) mass is 328 g/mol. The zero-order valence-corrected chi connectivity index (χ0v) is 11.0. The van der Waals surface area contributed by atoms with Crippen LogP contribution in [0.15, 0.2) is 16.6 Å². The van der Waals surface area contributed by atoms with Crippen LogP contribution in [0.25, 0.3) is 0 Å². The number of benzene rings is 1. The Balaban J connectivity index is 3.25. The normalized spacial score (nSPS) is 10.5. The Morgan fingerprint density at radius 3 is 2.65 bits per heavy atom. The Morgan fingerprint density at radius 1 is 1.53 bits per heavy atom. The lowest BCUT2D eigenvalue weighted by molar-refractivity contribution is -0.0504. The summed E-state index contributed by atoms with van der Waals surface area (Å²) < 4.78 is 33.6. The zero-order chi connectivity index (χ0) is 13.0. The summed E-state index contributed by atoms with van der Waals surface area (Å²) in [5.74, 6) is -0.921. The maximum Gasteiger partial charge on any atom is 0.387 e. The summed E-state index contributed by atoms with van der Waals surface area (Å²) >= 11 is 8.79. The van der Waals surface area contributed by atoms with Crippen LogP contribution in [-0.4, -0.2) is 19.7 Å². The molecule has 0 aliphatic rings. The van der Waals surface area contributed by atoms with E-state index in [9.17, 15) is 13.6 Å². The van der Waals surface area contributed by atoms with Crippen molar-refractivity contribution in [3.05, 3.63) is 27.7 Å². The van der Waals surface area contributed by atoms with Crippen LogP contribution in [0.1, 0.15) is 15.9 Å². The van der Waals surface area contributed by atoms with Crippen LogP contribution in [0.2, 0.25) is 0 Å². The van der Waals surface area contributed by atoms with Gasteiger partial charge in [0.2, 0.25) is 0 Å². The second-order valence-corrected chi connectivity index (χ2v) is 4.07. The quantitative estimate of drug-likeness (QED) is 0.626. The number of carbonyl (C=O) groups is 1. The third-order valence-electron chi connectivity index (χ3n) is 1.91. The lowest BCUT2D eigenvalue weighted by Crippen LogP contribution is -2.10. The number of methoxy groups -OCH3 is 1. The first kappa shape index (κ1) is 14.2. The van der Waals surface area contributed by atoms with Gasteiger partial charge in [0.05, 0.1) is 7.11 Å². The van der Waals surface area contributed by atoms with Gasteiger partial charge in [0.25, 0.3) is 0 Å². The molecule has 0 amide bonds. The van der Waals surface area contributed by atoms with Gasteiger partial charge in [-0.25, -0.2) is 4.79 Å². The summed E-state index contributed by atoms with van der Waals surface area (Å²) in [5, 5.41) is 0. The second-order valence-electron chi connectivity index (χ2n) is 2.94. The highest BCUT2D eigenvalue weighted by Gasteiger charge is 2.18. The fourth-order valence-corrected chi connectivity index (χ4v) is 2.03. The van der Waals surface area contributed by atoms with Crippen molar-refractivity contribution >= 4 is 33.5 Å². The number of hydrogen-bond donors (Lipinski definition) is 0. The zero-order valence-electron chi connectivity index (χ0n) is 8.68. The minimum absolute atomic E-state index is 0.0893. The number of esters is 1. The van der Waals surface area contributed by atoms with Crippen LogP contribution in [0.3, 0.4) is 0 Å². The minimum Gasteiger partial charge on any atom is -0.465 e. The van der Waals surface area contributed by atoms with Crippen molar-refractivity contribution in [3.63, 3.8) is 0 Å². The number of alkyl halides is 3. The molecule has 1 aromatic carbocycles. The molecule has 3 nitrogen and oxygen atoms in total. The van der Waals surface area contributed by atoms with E-state index < -0.39 is 12.6 Å². The lowest BCUT2D eigenvalue weighted by atomic mass is 10.1. The van der Waals surface area contributed by atoms with Crippen LogP contribution in [0.4, 0.5) is 8.78 Å². The fourth-order valence-electron chi connectivity index (χ4n) is 1.16. The number of hydrogen-bond acceptors (Lipinski definition) is 3. The van der Waals surface area contributed by atoms with Crippen molar-refractivity contribution in [3.8, 4) is 5.75 Å².